The maximum atomic E-state index is 12.9. The molecular formula is C27H28N2O6S2. The lowest BCUT2D eigenvalue weighted by molar-refractivity contribution is -0.303. The second-order valence-electron chi connectivity index (χ2n) is 9.24. The molecule has 0 amide bonds. The van der Waals surface area contributed by atoms with Gasteiger partial charge in [0.2, 0.25) is 0 Å². The molecule has 0 aliphatic heterocycles. The molecule has 194 valence electrons. The van der Waals surface area contributed by atoms with Gasteiger partial charge in [-0.25, -0.2) is 9.59 Å². The molecule has 10 heteroatoms. The minimum atomic E-state index is -0.463. The van der Waals surface area contributed by atoms with E-state index in [9.17, 15) is 14.4 Å². The fourth-order valence-electron chi connectivity index (χ4n) is 4.84. The summed E-state index contributed by atoms with van der Waals surface area (Å²) in [6, 6.07) is 13.1. The quantitative estimate of drug-likeness (QED) is 0.157. The fraction of sp³-hybridized carbons (Fsp3) is 0.370. The Kier molecular flexibility index (Phi) is 7.99. The molecule has 0 saturated heterocycles. The molecule has 0 N–H and O–H groups in total. The molecule has 3 heterocycles. The lowest BCUT2D eigenvalue weighted by Crippen LogP contribution is -2.39. The highest BCUT2D eigenvalue weighted by Gasteiger charge is 2.30. The van der Waals surface area contributed by atoms with Crippen molar-refractivity contribution in [2.75, 3.05) is 13.6 Å². The number of nitrogens with zero attached hydrogens (tertiary/aromatic N) is 2. The molecule has 0 bridgehead atoms. The van der Waals surface area contributed by atoms with Crippen molar-refractivity contribution in [1.82, 2.24) is 9.47 Å². The number of carbonyl (C=O) groups is 2. The van der Waals surface area contributed by atoms with Gasteiger partial charge >= 0.3 is 11.7 Å². The first-order chi connectivity index (χ1) is 18.0. The largest absolute Gasteiger partial charge is 0.419 e. The zero-order chi connectivity index (χ0) is 25.8. The van der Waals surface area contributed by atoms with Crippen molar-refractivity contribution in [1.29, 1.82) is 0 Å². The van der Waals surface area contributed by atoms with Crippen LogP contribution in [0.25, 0.3) is 11.1 Å². The Morgan fingerprint density at radius 3 is 2.46 bits per heavy atom. The zero-order valence-corrected chi connectivity index (χ0v) is 22.0. The maximum Gasteiger partial charge on any atom is 0.419 e. The van der Waals surface area contributed by atoms with Gasteiger partial charge in [-0.15, -0.1) is 22.7 Å². The zero-order valence-electron chi connectivity index (χ0n) is 20.4. The van der Waals surface area contributed by atoms with Gasteiger partial charge in [-0.2, -0.15) is 4.89 Å². The monoisotopic (exact) mass is 540 g/mol. The number of hydrogen-bond donors (Lipinski definition) is 0. The van der Waals surface area contributed by atoms with Gasteiger partial charge in [-0.1, -0.05) is 12.1 Å². The third-order valence-corrected chi connectivity index (χ3v) is 8.80. The van der Waals surface area contributed by atoms with E-state index in [0.717, 1.165) is 41.7 Å². The van der Waals surface area contributed by atoms with Crippen molar-refractivity contribution >= 4 is 46.0 Å². The number of likely N-dealkylation sites (N-methyl/N-ethyl adjacent to an activating group) is 1. The SMILES string of the molecule is CN(CCn1c(=O)oc2cc(C=O)ccc21)C1CCC(OOC(=O)C(c2cccs2)c2cccs2)CC1. The highest BCUT2D eigenvalue weighted by atomic mass is 32.1. The van der Waals surface area contributed by atoms with Crippen molar-refractivity contribution in [3.8, 4) is 0 Å². The van der Waals surface area contributed by atoms with Gasteiger partial charge in [-0.3, -0.25) is 14.2 Å². The van der Waals surface area contributed by atoms with Gasteiger partial charge in [0, 0.05) is 34.4 Å². The molecule has 5 rings (SSSR count). The second kappa shape index (κ2) is 11.6. The molecule has 4 aromatic rings. The van der Waals surface area contributed by atoms with E-state index in [1.807, 2.05) is 35.0 Å². The molecule has 0 spiro atoms. The summed E-state index contributed by atoms with van der Waals surface area (Å²) in [6.45, 7) is 1.17. The molecule has 8 nitrogen and oxygen atoms in total. The van der Waals surface area contributed by atoms with E-state index in [1.165, 1.54) is 22.7 Å². The van der Waals surface area contributed by atoms with Crippen LogP contribution in [0.5, 0.6) is 0 Å². The Morgan fingerprint density at radius 1 is 1.14 bits per heavy atom. The maximum absolute atomic E-state index is 12.9. The van der Waals surface area contributed by atoms with E-state index in [1.54, 1.807) is 22.8 Å². The van der Waals surface area contributed by atoms with Gasteiger partial charge in [-0.05, 0) is 73.8 Å². The standard InChI is InChI=1S/C27H28N2O6S2/c1-28(12-13-29-21-11-6-18(17-30)16-22(21)33-27(29)32)19-7-9-20(10-8-19)34-35-26(31)25(23-4-2-14-36-23)24-5-3-15-37-24/h2-6,11,14-17,19-20,25H,7-10,12-13H2,1H3. The predicted octanol–water partition coefficient (Wildman–Crippen LogP) is 5.08. The molecule has 1 saturated carbocycles. The summed E-state index contributed by atoms with van der Waals surface area (Å²) in [5, 5.41) is 3.91. The molecule has 0 unspecified atom stereocenters. The van der Waals surface area contributed by atoms with Gasteiger partial charge in [0.1, 0.15) is 18.3 Å². The summed E-state index contributed by atoms with van der Waals surface area (Å²) >= 11 is 3.07. The van der Waals surface area contributed by atoms with Crippen molar-refractivity contribution in [2.45, 2.75) is 50.3 Å². The molecule has 1 fully saturated rings. The lowest BCUT2D eigenvalue weighted by atomic mass is 9.92. The van der Waals surface area contributed by atoms with E-state index in [4.69, 9.17) is 14.2 Å². The number of rotatable bonds is 10. The van der Waals surface area contributed by atoms with Crippen molar-refractivity contribution in [2.24, 2.45) is 0 Å². The average Bonchev–Trinajstić information content (AvgIpc) is 3.69. The first-order valence-corrected chi connectivity index (χ1v) is 14.0. The third kappa shape index (κ3) is 5.77. The summed E-state index contributed by atoms with van der Waals surface area (Å²) in [4.78, 5) is 51.3. The summed E-state index contributed by atoms with van der Waals surface area (Å²) in [5.41, 5.74) is 1.58. The van der Waals surface area contributed by atoms with Crippen LogP contribution >= 0.6 is 22.7 Å². The Bertz CT molecular complexity index is 1350. The first-order valence-electron chi connectivity index (χ1n) is 12.3. The topological polar surface area (TPSA) is 91.0 Å². The first kappa shape index (κ1) is 25.6. The normalized spacial score (nSPS) is 18.0. The van der Waals surface area contributed by atoms with Gasteiger partial charge in [0.15, 0.2) is 5.58 Å². The van der Waals surface area contributed by atoms with Crippen LogP contribution in [0.15, 0.2) is 62.4 Å². The predicted molar refractivity (Wildman–Crippen MR) is 142 cm³/mol. The average molecular weight is 541 g/mol. The van der Waals surface area contributed by atoms with Crippen molar-refractivity contribution in [3.63, 3.8) is 0 Å². The molecule has 1 aliphatic rings. The summed E-state index contributed by atoms with van der Waals surface area (Å²) in [7, 11) is 2.05. The van der Waals surface area contributed by atoms with Crippen LogP contribution in [-0.4, -0.2) is 47.5 Å². The molecular weight excluding hydrogens is 512 g/mol. The molecule has 3 aromatic heterocycles. The number of benzene rings is 1. The molecule has 0 radical (unpaired) electrons. The summed E-state index contributed by atoms with van der Waals surface area (Å²) in [5.74, 6) is -1.27. The minimum Gasteiger partial charge on any atom is -0.408 e. The van der Waals surface area contributed by atoms with Crippen LogP contribution < -0.4 is 5.76 Å². The number of hydrogen-bond acceptors (Lipinski definition) is 9. The molecule has 1 aliphatic carbocycles. The van der Waals surface area contributed by atoms with E-state index in [0.29, 0.717) is 35.8 Å². The highest BCUT2D eigenvalue weighted by molar-refractivity contribution is 7.11. The number of oxazole rings is 1. The van der Waals surface area contributed by atoms with Crippen molar-refractivity contribution in [3.05, 3.63) is 79.1 Å². The number of fused-ring (bicyclic) bond motifs is 1. The van der Waals surface area contributed by atoms with Crippen LogP contribution in [0.4, 0.5) is 0 Å². The van der Waals surface area contributed by atoms with Crippen LogP contribution in [0.1, 0.15) is 51.7 Å². The second-order valence-corrected chi connectivity index (χ2v) is 11.2. The van der Waals surface area contributed by atoms with E-state index in [-0.39, 0.29) is 12.1 Å². The van der Waals surface area contributed by atoms with Crippen molar-refractivity contribution < 1.29 is 23.8 Å². The van der Waals surface area contributed by atoms with Crippen LogP contribution in [0, 0.1) is 0 Å². The van der Waals surface area contributed by atoms with Gasteiger partial charge in [0.25, 0.3) is 0 Å². The van der Waals surface area contributed by atoms with Crippen LogP contribution in [0.3, 0.4) is 0 Å². The van der Waals surface area contributed by atoms with Crippen LogP contribution in [-0.2, 0) is 21.1 Å². The molecule has 37 heavy (non-hydrogen) atoms. The van der Waals surface area contributed by atoms with E-state index >= 15 is 0 Å². The Balaban J connectivity index is 1.11. The molecule has 0 atom stereocenters. The Morgan fingerprint density at radius 2 is 1.84 bits per heavy atom. The number of thiophene rings is 2. The highest BCUT2D eigenvalue weighted by Crippen LogP contribution is 2.33. The van der Waals surface area contributed by atoms with Crippen LogP contribution in [0.2, 0.25) is 0 Å². The summed E-state index contributed by atoms with van der Waals surface area (Å²) < 4.78 is 6.92. The Labute approximate surface area is 222 Å². The number of carbonyl (C=O) groups excluding carboxylic acids is 2. The summed E-state index contributed by atoms with van der Waals surface area (Å²) in [6.07, 6.45) is 3.98. The smallest absolute Gasteiger partial charge is 0.408 e. The Hall–Kier alpha value is -3.05. The molecule has 1 aromatic carbocycles. The number of aromatic nitrogens is 1. The lowest BCUT2D eigenvalue weighted by Gasteiger charge is -2.33. The minimum absolute atomic E-state index is 0.131. The fourth-order valence-corrected chi connectivity index (χ4v) is 6.57. The van der Waals surface area contributed by atoms with Gasteiger partial charge < -0.3 is 9.32 Å². The van der Waals surface area contributed by atoms with E-state index in [2.05, 4.69) is 11.9 Å². The number of aldehydes is 1. The third-order valence-electron chi connectivity index (χ3n) is 6.93. The van der Waals surface area contributed by atoms with E-state index < -0.39 is 11.7 Å². The van der Waals surface area contributed by atoms with Gasteiger partial charge in [0.05, 0.1) is 5.52 Å².